The highest BCUT2D eigenvalue weighted by molar-refractivity contribution is 7.20. The van der Waals surface area contributed by atoms with Crippen LogP contribution in [0, 0.1) is 0 Å². The molecule has 3 aromatic rings. The normalized spacial score (nSPS) is 13.5. The molecular weight excluding hydrogens is 276 g/mol. The van der Waals surface area contributed by atoms with Gasteiger partial charge in [-0.2, -0.15) is 0 Å². The molecule has 0 saturated heterocycles. The van der Waals surface area contributed by atoms with Crippen LogP contribution >= 0.6 is 11.3 Å². The van der Waals surface area contributed by atoms with E-state index < -0.39 is 0 Å². The highest BCUT2D eigenvalue weighted by atomic mass is 32.1. The zero-order valence-corrected chi connectivity index (χ0v) is 12.6. The highest BCUT2D eigenvalue weighted by Gasteiger charge is 2.14. The molecule has 1 aromatic heterocycles. The first-order chi connectivity index (χ1) is 10.3. The lowest BCUT2D eigenvalue weighted by atomic mass is 10.0. The standard InChI is InChI=1S/C19H16OS/c20-17(19-12-16-4-1-2-7-18(16)21-19)11-13-8-9-14-5-3-6-15(14)10-13/h1-2,4,7-10,12H,3,5-6,11H2. The van der Waals surface area contributed by atoms with Crippen molar-refractivity contribution in [3.05, 3.63) is 70.1 Å². The highest BCUT2D eigenvalue weighted by Crippen LogP contribution is 2.27. The summed E-state index contributed by atoms with van der Waals surface area (Å²) in [6.07, 6.45) is 4.13. The maximum atomic E-state index is 12.5. The van der Waals surface area contributed by atoms with Crippen LogP contribution in [-0.2, 0) is 19.3 Å². The van der Waals surface area contributed by atoms with Gasteiger partial charge in [0.25, 0.3) is 0 Å². The average molecular weight is 292 g/mol. The van der Waals surface area contributed by atoms with Crippen LogP contribution in [0.4, 0.5) is 0 Å². The van der Waals surface area contributed by atoms with E-state index in [1.54, 1.807) is 11.3 Å². The van der Waals surface area contributed by atoms with Gasteiger partial charge < -0.3 is 0 Å². The van der Waals surface area contributed by atoms with E-state index in [-0.39, 0.29) is 5.78 Å². The second-order valence-electron chi connectivity index (χ2n) is 5.71. The largest absolute Gasteiger partial charge is 0.293 e. The van der Waals surface area contributed by atoms with Crippen molar-refractivity contribution in [3.8, 4) is 0 Å². The number of hydrogen-bond donors (Lipinski definition) is 0. The Hall–Kier alpha value is -1.93. The first-order valence-electron chi connectivity index (χ1n) is 7.42. The van der Waals surface area contributed by atoms with Gasteiger partial charge in [-0.25, -0.2) is 0 Å². The summed E-state index contributed by atoms with van der Waals surface area (Å²) in [6, 6.07) is 16.8. The van der Waals surface area contributed by atoms with Gasteiger partial charge >= 0.3 is 0 Å². The van der Waals surface area contributed by atoms with Gasteiger partial charge in [-0.1, -0.05) is 36.4 Å². The predicted octanol–water partition coefficient (Wildman–Crippen LogP) is 4.82. The van der Waals surface area contributed by atoms with Crippen molar-refractivity contribution < 1.29 is 4.79 Å². The number of hydrogen-bond acceptors (Lipinski definition) is 2. The van der Waals surface area contributed by atoms with Gasteiger partial charge in [-0.05, 0) is 53.5 Å². The van der Waals surface area contributed by atoms with Crippen molar-refractivity contribution in [1.82, 2.24) is 0 Å². The van der Waals surface area contributed by atoms with Gasteiger partial charge in [0.15, 0.2) is 5.78 Å². The molecule has 1 aliphatic rings. The summed E-state index contributed by atoms with van der Waals surface area (Å²) in [6.45, 7) is 0. The summed E-state index contributed by atoms with van der Waals surface area (Å²) >= 11 is 1.60. The predicted molar refractivity (Wildman–Crippen MR) is 88.3 cm³/mol. The van der Waals surface area contributed by atoms with Crippen molar-refractivity contribution in [2.24, 2.45) is 0 Å². The zero-order valence-electron chi connectivity index (χ0n) is 11.8. The molecule has 0 fully saturated rings. The Labute approximate surface area is 128 Å². The topological polar surface area (TPSA) is 17.1 Å². The molecule has 0 spiro atoms. The van der Waals surface area contributed by atoms with Crippen LogP contribution in [0.2, 0.25) is 0 Å². The number of ketones is 1. The Morgan fingerprint density at radius 2 is 1.86 bits per heavy atom. The molecular formula is C19H16OS. The van der Waals surface area contributed by atoms with Crippen molar-refractivity contribution in [1.29, 1.82) is 0 Å². The minimum atomic E-state index is 0.231. The van der Waals surface area contributed by atoms with Gasteiger partial charge in [0.2, 0.25) is 0 Å². The van der Waals surface area contributed by atoms with E-state index in [0.717, 1.165) is 10.4 Å². The van der Waals surface area contributed by atoms with Gasteiger partial charge in [0, 0.05) is 11.1 Å². The summed E-state index contributed by atoms with van der Waals surface area (Å²) in [4.78, 5) is 13.4. The Morgan fingerprint density at radius 1 is 1.00 bits per heavy atom. The van der Waals surface area contributed by atoms with Gasteiger partial charge in [0.1, 0.15) is 0 Å². The van der Waals surface area contributed by atoms with Crippen molar-refractivity contribution in [2.75, 3.05) is 0 Å². The molecule has 0 aliphatic heterocycles. The van der Waals surface area contributed by atoms with E-state index in [1.807, 2.05) is 18.2 Å². The third-order valence-electron chi connectivity index (χ3n) is 4.23. The molecule has 0 atom stereocenters. The molecule has 104 valence electrons. The molecule has 2 aromatic carbocycles. The summed E-state index contributed by atoms with van der Waals surface area (Å²) in [5.74, 6) is 0.231. The van der Waals surface area contributed by atoms with E-state index >= 15 is 0 Å². The van der Waals surface area contributed by atoms with E-state index in [9.17, 15) is 4.79 Å². The molecule has 1 aliphatic carbocycles. The van der Waals surface area contributed by atoms with Crippen LogP contribution in [-0.4, -0.2) is 5.78 Å². The molecule has 0 amide bonds. The van der Waals surface area contributed by atoms with Crippen molar-refractivity contribution >= 4 is 27.2 Å². The third-order valence-corrected chi connectivity index (χ3v) is 5.39. The number of fused-ring (bicyclic) bond motifs is 2. The fraction of sp³-hybridized carbons (Fsp3) is 0.211. The number of carbonyl (C=O) groups is 1. The second kappa shape index (κ2) is 5.12. The van der Waals surface area contributed by atoms with Crippen molar-refractivity contribution in [3.63, 3.8) is 0 Å². The van der Waals surface area contributed by atoms with Crippen LogP contribution in [0.3, 0.4) is 0 Å². The summed E-state index contributed by atoms with van der Waals surface area (Å²) in [7, 11) is 0. The van der Waals surface area contributed by atoms with E-state index in [2.05, 4.69) is 30.3 Å². The number of aryl methyl sites for hydroxylation is 2. The molecule has 4 rings (SSSR count). The summed E-state index contributed by atoms with van der Waals surface area (Å²) < 4.78 is 1.19. The maximum Gasteiger partial charge on any atom is 0.177 e. The number of carbonyl (C=O) groups excluding carboxylic acids is 1. The number of benzene rings is 2. The Morgan fingerprint density at radius 3 is 2.76 bits per heavy atom. The molecule has 1 heterocycles. The minimum absolute atomic E-state index is 0.231. The zero-order chi connectivity index (χ0) is 14.2. The van der Waals surface area contributed by atoms with Crippen LogP contribution in [0.25, 0.3) is 10.1 Å². The van der Waals surface area contributed by atoms with Crippen LogP contribution < -0.4 is 0 Å². The molecule has 0 saturated carbocycles. The minimum Gasteiger partial charge on any atom is -0.293 e. The fourth-order valence-corrected chi connectivity index (χ4v) is 4.13. The smallest absolute Gasteiger partial charge is 0.177 e. The van der Waals surface area contributed by atoms with Gasteiger partial charge in [-0.15, -0.1) is 11.3 Å². The van der Waals surface area contributed by atoms with E-state index in [0.29, 0.717) is 6.42 Å². The molecule has 2 heteroatoms. The quantitative estimate of drug-likeness (QED) is 0.633. The molecule has 0 bridgehead atoms. The van der Waals surface area contributed by atoms with Crippen LogP contribution in [0.1, 0.15) is 32.8 Å². The molecule has 1 nitrogen and oxygen atoms in total. The Bertz CT molecular complexity index is 795. The molecule has 21 heavy (non-hydrogen) atoms. The number of thiophene rings is 1. The monoisotopic (exact) mass is 292 g/mol. The van der Waals surface area contributed by atoms with Gasteiger partial charge in [0.05, 0.1) is 4.88 Å². The van der Waals surface area contributed by atoms with E-state index in [4.69, 9.17) is 0 Å². The second-order valence-corrected chi connectivity index (χ2v) is 6.79. The number of rotatable bonds is 3. The first-order valence-corrected chi connectivity index (χ1v) is 8.24. The average Bonchev–Trinajstić information content (AvgIpc) is 3.13. The Kier molecular flexibility index (Phi) is 3.12. The van der Waals surface area contributed by atoms with E-state index in [1.165, 1.54) is 40.5 Å². The molecule has 0 radical (unpaired) electrons. The lowest BCUT2D eigenvalue weighted by Crippen LogP contribution is -2.01. The molecule has 0 unspecified atom stereocenters. The fourth-order valence-electron chi connectivity index (χ4n) is 3.13. The number of Topliss-reactive ketones (excluding diaryl/α,β-unsaturated/α-hetero) is 1. The first kappa shape index (κ1) is 12.8. The van der Waals surface area contributed by atoms with Crippen molar-refractivity contribution in [2.45, 2.75) is 25.7 Å². The summed E-state index contributed by atoms with van der Waals surface area (Å²) in [5, 5.41) is 1.17. The lowest BCUT2D eigenvalue weighted by Gasteiger charge is -2.03. The maximum absolute atomic E-state index is 12.5. The molecule has 0 N–H and O–H groups in total. The van der Waals surface area contributed by atoms with Crippen LogP contribution in [0.15, 0.2) is 48.5 Å². The summed E-state index contributed by atoms with van der Waals surface area (Å²) in [5.41, 5.74) is 4.06. The van der Waals surface area contributed by atoms with Gasteiger partial charge in [-0.3, -0.25) is 4.79 Å². The third kappa shape index (κ3) is 2.40. The lowest BCUT2D eigenvalue weighted by molar-refractivity contribution is 0.0997. The SMILES string of the molecule is O=C(Cc1ccc2c(c1)CCC2)c1cc2ccccc2s1. The van der Waals surface area contributed by atoms with Crippen LogP contribution in [0.5, 0.6) is 0 Å². The Balaban J connectivity index is 1.60.